The van der Waals surface area contributed by atoms with Crippen LogP contribution in [-0.2, 0) is 9.53 Å². The summed E-state index contributed by atoms with van der Waals surface area (Å²) < 4.78 is 12.8. The Labute approximate surface area is 189 Å². The number of rotatable bonds is 8. The Morgan fingerprint density at radius 1 is 1.16 bits per heavy atom. The molecule has 4 aromatic rings. The minimum atomic E-state index is -0.861. The summed E-state index contributed by atoms with van der Waals surface area (Å²) in [5.74, 6) is 0.316. The molecule has 9 nitrogen and oxygen atoms in total. The van der Waals surface area contributed by atoms with Gasteiger partial charge in [0.1, 0.15) is 17.5 Å². The van der Waals surface area contributed by atoms with Gasteiger partial charge < -0.3 is 14.8 Å². The van der Waals surface area contributed by atoms with Gasteiger partial charge in [-0.2, -0.15) is 5.10 Å². The van der Waals surface area contributed by atoms with E-state index in [0.717, 1.165) is 5.56 Å². The van der Waals surface area contributed by atoms with Gasteiger partial charge in [0.15, 0.2) is 11.8 Å². The zero-order valence-corrected chi connectivity index (χ0v) is 18.3. The topological polar surface area (TPSA) is 104 Å². The Hall–Kier alpha value is -3.56. The maximum Gasteiger partial charge on any atom is 0.266 e. The van der Waals surface area contributed by atoms with Gasteiger partial charge in [0.25, 0.3) is 5.91 Å². The molecule has 0 radical (unpaired) electrons. The summed E-state index contributed by atoms with van der Waals surface area (Å²) in [5.41, 5.74) is 2.18. The molecular formula is C22H21ClN6O3. The first kappa shape index (κ1) is 21.7. The predicted molar refractivity (Wildman–Crippen MR) is 120 cm³/mol. The van der Waals surface area contributed by atoms with Crippen molar-refractivity contribution in [3.05, 3.63) is 65.7 Å². The zero-order chi connectivity index (χ0) is 22.5. The number of pyridine rings is 1. The van der Waals surface area contributed by atoms with Crippen molar-refractivity contribution in [2.75, 3.05) is 19.0 Å². The molecule has 32 heavy (non-hydrogen) atoms. The van der Waals surface area contributed by atoms with Crippen molar-refractivity contribution in [1.82, 2.24) is 24.7 Å². The number of aryl methyl sites for hydroxylation is 1. The lowest BCUT2D eigenvalue weighted by Crippen LogP contribution is -2.34. The molecule has 0 saturated heterocycles. The Bertz CT molecular complexity index is 1230. The molecule has 3 aromatic heterocycles. The highest BCUT2D eigenvalue weighted by Crippen LogP contribution is 2.27. The highest BCUT2D eigenvalue weighted by molar-refractivity contribution is 6.32. The van der Waals surface area contributed by atoms with Crippen LogP contribution in [0.25, 0.3) is 16.7 Å². The minimum absolute atomic E-state index is 0.237. The number of nitrogens with zero attached hydrogens (tertiary/aromatic N) is 5. The molecule has 0 saturated carbocycles. The van der Waals surface area contributed by atoms with Gasteiger partial charge in [-0.1, -0.05) is 29.8 Å². The maximum absolute atomic E-state index is 12.9. The van der Waals surface area contributed by atoms with Crippen molar-refractivity contribution < 1.29 is 14.3 Å². The van der Waals surface area contributed by atoms with Gasteiger partial charge in [-0.3, -0.25) is 4.79 Å². The fourth-order valence-electron chi connectivity index (χ4n) is 3.07. The number of aromatic nitrogens is 5. The van der Waals surface area contributed by atoms with Crippen molar-refractivity contribution >= 4 is 34.4 Å². The molecule has 0 aliphatic carbocycles. The minimum Gasteiger partial charge on any atom is -0.464 e. The molecule has 4 rings (SSSR count). The number of hydrogen-bond donors (Lipinski definition) is 1. The van der Waals surface area contributed by atoms with Gasteiger partial charge >= 0.3 is 0 Å². The van der Waals surface area contributed by atoms with Crippen molar-refractivity contribution in [2.45, 2.75) is 19.4 Å². The van der Waals surface area contributed by atoms with Crippen molar-refractivity contribution in [1.29, 1.82) is 0 Å². The van der Waals surface area contributed by atoms with Crippen molar-refractivity contribution in [3.63, 3.8) is 0 Å². The van der Waals surface area contributed by atoms with Crippen LogP contribution in [0.5, 0.6) is 5.88 Å². The van der Waals surface area contributed by atoms with E-state index in [1.165, 1.54) is 6.33 Å². The van der Waals surface area contributed by atoms with Crippen LogP contribution in [0.15, 0.2) is 55.1 Å². The average molecular weight is 453 g/mol. The van der Waals surface area contributed by atoms with Crippen LogP contribution in [0.3, 0.4) is 0 Å². The zero-order valence-electron chi connectivity index (χ0n) is 17.5. The van der Waals surface area contributed by atoms with Gasteiger partial charge in [-0.25, -0.2) is 19.6 Å². The smallest absolute Gasteiger partial charge is 0.266 e. The first-order chi connectivity index (χ1) is 15.6. The largest absolute Gasteiger partial charge is 0.464 e. The second kappa shape index (κ2) is 9.71. The molecular weight excluding hydrogens is 432 g/mol. The summed E-state index contributed by atoms with van der Waals surface area (Å²) in [4.78, 5) is 25.7. The molecule has 0 aliphatic heterocycles. The van der Waals surface area contributed by atoms with E-state index in [1.807, 2.05) is 31.2 Å². The lowest BCUT2D eigenvalue weighted by molar-refractivity contribution is -0.123. The standard InChI is InChI=1S/C22H21ClN6O3/c1-14-7-8-19(24-11-14)28-21(30)18(9-10-31-2)32-22-15-12-27-29(20(15)25-13-26-22)17-6-4-3-5-16(17)23/h3-8,11-13,18H,9-10H2,1-2H3,(H,24,28,30). The van der Waals surface area contributed by atoms with E-state index in [0.29, 0.717) is 40.6 Å². The van der Waals surface area contributed by atoms with Gasteiger partial charge in [0.2, 0.25) is 5.88 Å². The molecule has 1 atom stereocenters. The molecule has 1 unspecified atom stereocenters. The average Bonchev–Trinajstić information content (AvgIpc) is 3.23. The summed E-state index contributed by atoms with van der Waals surface area (Å²) in [6.45, 7) is 2.25. The summed E-state index contributed by atoms with van der Waals surface area (Å²) in [5, 5.41) is 8.25. The summed E-state index contributed by atoms with van der Waals surface area (Å²) in [7, 11) is 1.56. The first-order valence-corrected chi connectivity index (χ1v) is 10.3. The Morgan fingerprint density at radius 3 is 2.75 bits per heavy atom. The predicted octanol–water partition coefficient (Wildman–Crippen LogP) is 3.59. The maximum atomic E-state index is 12.9. The van der Waals surface area contributed by atoms with Crippen LogP contribution in [-0.4, -0.2) is 50.5 Å². The van der Waals surface area contributed by atoms with Crippen LogP contribution in [0.1, 0.15) is 12.0 Å². The monoisotopic (exact) mass is 452 g/mol. The number of carbonyl (C=O) groups is 1. The number of hydrogen-bond acceptors (Lipinski definition) is 7. The Balaban J connectivity index is 1.62. The quantitative estimate of drug-likeness (QED) is 0.435. The summed E-state index contributed by atoms with van der Waals surface area (Å²) in [6, 6.07) is 10.9. The highest BCUT2D eigenvalue weighted by atomic mass is 35.5. The van der Waals surface area contributed by atoms with E-state index >= 15 is 0 Å². The van der Waals surface area contributed by atoms with Crippen LogP contribution < -0.4 is 10.1 Å². The molecule has 164 valence electrons. The van der Waals surface area contributed by atoms with E-state index in [1.54, 1.807) is 36.3 Å². The summed E-state index contributed by atoms with van der Waals surface area (Å²) >= 11 is 6.32. The number of nitrogens with one attached hydrogen (secondary N) is 1. The number of anilines is 1. The summed E-state index contributed by atoms with van der Waals surface area (Å²) in [6.07, 6.45) is 4.08. The number of halogens is 1. The molecule has 3 heterocycles. The van der Waals surface area contributed by atoms with Gasteiger partial charge in [0, 0.05) is 19.7 Å². The lowest BCUT2D eigenvalue weighted by atomic mass is 10.2. The first-order valence-electron chi connectivity index (χ1n) is 9.89. The Morgan fingerprint density at radius 2 is 2.00 bits per heavy atom. The van der Waals surface area contributed by atoms with Gasteiger partial charge in [-0.05, 0) is 30.7 Å². The highest BCUT2D eigenvalue weighted by Gasteiger charge is 2.24. The lowest BCUT2D eigenvalue weighted by Gasteiger charge is -2.18. The van der Waals surface area contributed by atoms with Gasteiger partial charge in [0.05, 0.1) is 23.5 Å². The van der Waals surface area contributed by atoms with Crippen molar-refractivity contribution in [2.24, 2.45) is 0 Å². The molecule has 0 fully saturated rings. The fraction of sp³-hybridized carbons (Fsp3) is 0.227. The second-order valence-electron chi connectivity index (χ2n) is 7.02. The SMILES string of the molecule is COCCC(Oc1ncnc2c1cnn2-c1ccccc1Cl)C(=O)Nc1ccc(C)cn1. The third-order valence-electron chi connectivity index (χ3n) is 4.70. The molecule has 10 heteroatoms. The number of carbonyl (C=O) groups excluding carboxylic acids is 1. The van der Waals surface area contributed by atoms with E-state index < -0.39 is 6.10 Å². The van der Waals surface area contributed by atoms with Crippen LogP contribution >= 0.6 is 11.6 Å². The third-order valence-corrected chi connectivity index (χ3v) is 5.02. The molecule has 1 aromatic carbocycles. The van der Waals surface area contributed by atoms with E-state index in [-0.39, 0.29) is 11.8 Å². The molecule has 1 N–H and O–H groups in total. The van der Waals surface area contributed by atoms with Crippen LogP contribution in [0.4, 0.5) is 5.82 Å². The number of fused-ring (bicyclic) bond motifs is 1. The normalized spacial score (nSPS) is 12.0. The number of methoxy groups -OCH3 is 1. The van der Waals surface area contributed by atoms with E-state index in [9.17, 15) is 4.79 Å². The second-order valence-corrected chi connectivity index (χ2v) is 7.43. The number of amides is 1. The third kappa shape index (κ3) is 4.68. The Kier molecular flexibility index (Phi) is 6.58. The van der Waals surface area contributed by atoms with Gasteiger partial charge in [-0.15, -0.1) is 0 Å². The molecule has 1 amide bonds. The molecule has 0 aliphatic rings. The van der Waals surface area contributed by atoms with E-state index in [4.69, 9.17) is 21.1 Å². The number of para-hydroxylation sites is 1. The van der Waals surface area contributed by atoms with Crippen LogP contribution in [0.2, 0.25) is 5.02 Å². The molecule has 0 bridgehead atoms. The van der Waals surface area contributed by atoms with E-state index in [2.05, 4.69) is 25.4 Å². The molecule has 0 spiro atoms. The van der Waals surface area contributed by atoms with Crippen LogP contribution in [0, 0.1) is 6.92 Å². The fourth-order valence-corrected chi connectivity index (χ4v) is 3.28. The number of ether oxygens (including phenoxy) is 2. The van der Waals surface area contributed by atoms with Crippen molar-refractivity contribution in [3.8, 4) is 11.6 Å². The number of benzene rings is 1.